The molecule has 0 bridgehead atoms. The summed E-state index contributed by atoms with van der Waals surface area (Å²) in [4.78, 5) is 22.3. The Morgan fingerprint density at radius 2 is 2.10 bits per heavy atom. The molecule has 0 unspecified atom stereocenters. The summed E-state index contributed by atoms with van der Waals surface area (Å²) < 4.78 is 0. The van der Waals surface area contributed by atoms with Crippen LogP contribution in [0.4, 0.5) is 0 Å². The van der Waals surface area contributed by atoms with Crippen LogP contribution in [-0.4, -0.2) is 44.6 Å². The zero-order valence-electron chi connectivity index (χ0n) is 15.7. The number of benzene rings is 2. The molecule has 29 heavy (non-hydrogen) atoms. The minimum Gasteiger partial charge on any atom is -0.392 e. The Bertz CT molecular complexity index is 990. The zero-order valence-corrected chi connectivity index (χ0v) is 17.2. The molecule has 0 aliphatic carbocycles. The minimum absolute atomic E-state index is 0.0595. The third-order valence-electron chi connectivity index (χ3n) is 5.20. The highest BCUT2D eigenvalue weighted by Gasteiger charge is 2.32. The molecule has 3 N–H and O–H groups in total. The number of H-pyrrole nitrogens is 1. The quantitative estimate of drug-likeness (QED) is 0.556. The second-order valence-corrected chi connectivity index (χ2v) is 8.23. The molecule has 0 saturated carbocycles. The number of β-amino-alcohol motifs (C(OH)–C–C–N with tert-alkyl or cyclic N) is 1. The van der Waals surface area contributed by atoms with E-state index in [-0.39, 0.29) is 11.9 Å². The van der Waals surface area contributed by atoms with E-state index in [9.17, 15) is 9.90 Å². The normalized spacial score (nSPS) is 19.7. The lowest BCUT2D eigenvalue weighted by Gasteiger charge is -2.24. The number of fused-ring (bicyclic) bond motifs is 1. The number of likely N-dealkylation sites (tertiary alicyclic amines) is 1. The van der Waals surface area contributed by atoms with Gasteiger partial charge in [0.25, 0.3) is 0 Å². The molecule has 3 aromatic rings. The van der Waals surface area contributed by atoms with E-state index < -0.39 is 6.10 Å². The molecule has 2 atom stereocenters. The van der Waals surface area contributed by atoms with Crippen molar-refractivity contribution in [2.75, 3.05) is 6.54 Å². The number of nitrogens with zero attached hydrogens (tertiary/aromatic N) is 2. The summed E-state index contributed by atoms with van der Waals surface area (Å²) >= 11 is 12.4. The van der Waals surface area contributed by atoms with Gasteiger partial charge in [0.05, 0.1) is 23.7 Å². The molecule has 152 valence electrons. The summed E-state index contributed by atoms with van der Waals surface area (Å²) in [7, 11) is 0. The number of para-hydroxylation sites is 2. The van der Waals surface area contributed by atoms with Crippen LogP contribution < -0.4 is 5.32 Å². The van der Waals surface area contributed by atoms with Gasteiger partial charge in [0.1, 0.15) is 5.82 Å². The van der Waals surface area contributed by atoms with Gasteiger partial charge in [-0.25, -0.2) is 4.98 Å². The predicted molar refractivity (Wildman–Crippen MR) is 114 cm³/mol. The number of aliphatic hydroxyl groups excluding tert-OH is 1. The van der Waals surface area contributed by atoms with Crippen molar-refractivity contribution in [1.82, 2.24) is 20.2 Å². The largest absolute Gasteiger partial charge is 0.392 e. The van der Waals surface area contributed by atoms with Gasteiger partial charge in [-0.3, -0.25) is 9.69 Å². The Balaban J connectivity index is 1.36. The highest BCUT2D eigenvalue weighted by atomic mass is 35.5. The Kier molecular flexibility index (Phi) is 6.06. The van der Waals surface area contributed by atoms with Crippen LogP contribution in [0.25, 0.3) is 11.0 Å². The average molecular weight is 433 g/mol. The summed E-state index contributed by atoms with van der Waals surface area (Å²) in [6.45, 7) is 1.38. The number of nitrogens with one attached hydrogen (secondary N) is 2. The molecule has 1 saturated heterocycles. The molecule has 8 heteroatoms. The third-order valence-corrected chi connectivity index (χ3v) is 5.80. The number of imidazole rings is 1. The lowest BCUT2D eigenvalue weighted by Crippen LogP contribution is -2.35. The molecule has 6 nitrogen and oxygen atoms in total. The first-order valence-electron chi connectivity index (χ1n) is 9.54. The number of rotatable bonds is 6. The maximum Gasteiger partial charge on any atom is 0.221 e. The Hall–Kier alpha value is -2.12. The summed E-state index contributed by atoms with van der Waals surface area (Å²) in [6.07, 6.45) is 0.396. The fraction of sp³-hybridized carbons (Fsp3) is 0.333. The number of hydrogen-bond donors (Lipinski definition) is 3. The molecule has 1 fully saturated rings. The van der Waals surface area contributed by atoms with Gasteiger partial charge in [-0.05, 0) is 42.3 Å². The fourth-order valence-electron chi connectivity index (χ4n) is 3.80. The smallest absolute Gasteiger partial charge is 0.221 e. The molecule has 0 spiro atoms. The minimum atomic E-state index is -0.457. The van der Waals surface area contributed by atoms with Crippen LogP contribution in [0.5, 0.6) is 0 Å². The topological polar surface area (TPSA) is 81.2 Å². The van der Waals surface area contributed by atoms with E-state index in [1.165, 1.54) is 0 Å². The van der Waals surface area contributed by atoms with Gasteiger partial charge in [0.2, 0.25) is 5.91 Å². The molecule has 1 aliphatic heterocycles. The monoisotopic (exact) mass is 432 g/mol. The van der Waals surface area contributed by atoms with Gasteiger partial charge >= 0.3 is 0 Å². The summed E-state index contributed by atoms with van der Waals surface area (Å²) in [5.41, 5.74) is 2.71. The van der Waals surface area contributed by atoms with Crippen molar-refractivity contribution in [3.63, 3.8) is 0 Å². The molecular formula is C21H22Cl2N4O2. The molecular weight excluding hydrogens is 411 g/mol. The van der Waals surface area contributed by atoms with E-state index in [1.807, 2.05) is 30.3 Å². The number of aromatic nitrogens is 2. The second kappa shape index (κ2) is 8.71. The average Bonchev–Trinajstić information content (AvgIpc) is 3.25. The first kappa shape index (κ1) is 20.2. The molecule has 0 radical (unpaired) electrons. The van der Waals surface area contributed by atoms with Gasteiger partial charge in [0, 0.05) is 35.6 Å². The maximum atomic E-state index is 12.5. The first-order valence-corrected chi connectivity index (χ1v) is 10.3. The number of aromatic amines is 1. The van der Waals surface area contributed by atoms with Crippen LogP contribution in [0.15, 0.2) is 42.5 Å². The second-order valence-electron chi connectivity index (χ2n) is 7.39. The van der Waals surface area contributed by atoms with Gasteiger partial charge in [-0.15, -0.1) is 0 Å². The van der Waals surface area contributed by atoms with Gasteiger partial charge in [-0.2, -0.15) is 0 Å². The van der Waals surface area contributed by atoms with Crippen molar-refractivity contribution in [3.8, 4) is 0 Å². The zero-order chi connectivity index (χ0) is 20.4. The van der Waals surface area contributed by atoms with Crippen LogP contribution in [-0.2, 0) is 17.9 Å². The number of carbonyl (C=O) groups is 1. The molecule has 1 aromatic heterocycles. The number of hydrogen-bond acceptors (Lipinski definition) is 4. The Labute approximate surface area is 178 Å². The number of amides is 1. The van der Waals surface area contributed by atoms with Gasteiger partial charge in [0.15, 0.2) is 0 Å². The highest BCUT2D eigenvalue weighted by Crippen LogP contribution is 2.27. The maximum absolute atomic E-state index is 12.5. The van der Waals surface area contributed by atoms with Crippen molar-refractivity contribution in [1.29, 1.82) is 0 Å². The van der Waals surface area contributed by atoms with E-state index in [1.54, 1.807) is 12.1 Å². The molecule has 2 aromatic carbocycles. The van der Waals surface area contributed by atoms with Gasteiger partial charge < -0.3 is 15.4 Å². The van der Waals surface area contributed by atoms with Crippen molar-refractivity contribution < 1.29 is 9.90 Å². The van der Waals surface area contributed by atoms with Crippen LogP contribution >= 0.6 is 23.2 Å². The van der Waals surface area contributed by atoms with Crippen molar-refractivity contribution >= 4 is 40.1 Å². The van der Waals surface area contributed by atoms with Crippen molar-refractivity contribution in [2.45, 2.75) is 38.1 Å². The van der Waals surface area contributed by atoms with E-state index in [0.29, 0.717) is 48.3 Å². The Morgan fingerprint density at radius 3 is 2.93 bits per heavy atom. The van der Waals surface area contributed by atoms with Crippen LogP contribution in [0, 0.1) is 0 Å². The predicted octanol–water partition coefficient (Wildman–Crippen LogP) is 3.51. The molecule has 2 heterocycles. The number of carbonyl (C=O) groups excluding carboxylic acids is 1. The van der Waals surface area contributed by atoms with E-state index in [4.69, 9.17) is 23.2 Å². The summed E-state index contributed by atoms with van der Waals surface area (Å²) in [6, 6.07) is 13.0. The highest BCUT2D eigenvalue weighted by molar-refractivity contribution is 6.33. The lowest BCUT2D eigenvalue weighted by atomic mass is 10.1. The Morgan fingerprint density at radius 1 is 1.28 bits per heavy atom. The standard InChI is InChI=1S/C21H22Cl2N4O2/c22-14-5-6-17(23)13(7-14)11-27-12-16(28)8-15(27)9-21(29)24-10-20-25-18-3-1-2-4-19(18)26-20/h1-7,15-16,28H,8-12H2,(H,24,29)(H,25,26)/t15-,16+/m0/s1. The summed E-state index contributed by atoms with van der Waals surface area (Å²) in [5, 5.41) is 14.3. The van der Waals surface area contributed by atoms with E-state index >= 15 is 0 Å². The molecule has 4 rings (SSSR count). The van der Waals surface area contributed by atoms with Gasteiger partial charge in [-0.1, -0.05) is 35.3 Å². The fourth-order valence-corrected chi connectivity index (χ4v) is 4.18. The van der Waals surface area contributed by atoms with Crippen molar-refractivity contribution in [2.24, 2.45) is 0 Å². The molecule has 1 aliphatic rings. The molecule has 1 amide bonds. The van der Waals surface area contributed by atoms with E-state index in [2.05, 4.69) is 20.2 Å². The summed E-state index contributed by atoms with van der Waals surface area (Å²) in [5.74, 6) is 0.639. The third kappa shape index (κ3) is 4.90. The first-order chi connectivity index (χ1) is 14.0. The van der Waals surface area contributed by atoms with Crippen LogP contribution in [0.2, 0.25) is 10.0 Å². The van der Waals surface area contributed by atoms with Crippen molar-refractivity contribution in [3.05, 3.63) is 63.9 Å². The van der Waals surface area contributed by atoms with Crippen LogP contribution in [0.1, 0.15) is 24.2 Å². The SMILES string of the molecule is O=C(C[C@@H]1C[C@@H](O)CN1Cc1cc(Cl)ccc1Cl)NCc1nc2ccccc2[nH]1. The van der Waals surface area contributed by atoms with E-state index in [0.717, 1.165) is 16.6 Å². The number of aliphatic hydroxyl groups is 1. The number of halogens is 2. The van der Waals surface area contributed by atoms with Crippen LogP contribution in [0.3, 0.4) is 0 Å². The lowest BCUT2D eigenvalue weighted by molar-refractivity contribution is -0.122.